The zero-order valence-corrected chi connectivity index (χ0v) is 7.56. The average molecular weight is 178 g/mol. The number of aliphatic hydroxyl groups excluding tert-OH is 1. The molecule has 0 spiro atoms. The van der Waals surface area contributed by atoms with Crippen LogP contribution in [0.1, 0.15) is 37.2 Å². The second-order valence-electron chi connectivity index (χ2n) is 3.63. The Morgan fingerprint density at radius 2 is 1.85 bits per heavy atom. The largest absolute Gasteiger partial charge is 0.392 e. The third-order valence-corrected chi connectivity index (χ3v) is 2.74. The van der Waals surface area contributed by atoms with Gasteiger partial charge in [0, 0.05) is 18.3 Å². The quantitative estimate of drug-likeness (QED) is 0.708. The number of aliphatic hydroxyl groups is 1. The van der Waals surface area contributed by atoms with Gasteiger partial charge in [0.25, 0.3) is 0 Å². The lowest BCUT2D eigenvalue weighted by Gasteiger charge is -2.27. The fourth-order valence-electron chi connectivity index (χ4n) is 2.00. The number of hydrogen-bond donors (Lipinski definition) is 1. The predicted octanol–water partition coefficient (Wildman–Crippen LogP) is 1.50. The Hall–Kier alpha value is -0.960. The molecule has 1 heterocycles. The molecule has 1 N–H and O–H groups in total. The molecular formula is C10H14N2O. The first kappa shape index (κ1) is 8.63. The SMILES string of the molecule is OC1CCCCC1c1cncnc1. The van der Waals surface area contributed by atoms with Gasteiger partial charge in [-0.1, -0.05) is 12.8 Å². The van der Waals surface area contributed by atoms with Crippen LogP contribution >= 0.6 is 0 Å². The molecule has 70 valence electrons. The summed E-state index contributed by atoms with van der Waals surface area (Å²) in [5, 5.41) is 9.77. The van der Waals surface area contributed by atoms with E-state index in [9.17, 15) is 5.11 Å². The molecule has 3 heteroatoms. The van der Waals surface area contributed by atoms with E-state index in [1.807, 2.05) is 12.4 Å². The van der Waals surface area contributed by atoms with Crippen LogP contribution < -0.4 is 0 Å². The number of rotatable bonds is 1. The van der Waals surface area contributed by atoms with Crippen LogP contribution in [0, 0.1) is 0 Å². The van der Waals surface area contributed by atoms with Crippen LogP contribution in [-0.4, -0.2) is 21.2 Å². The minimum atomic E-state index is -0.195. The van der Waals surface area contributed by atoms with Crippen molar-refractivity contribution in [2.45, 2.75) is 37.7 Å². The number of nitrogens with zero attached hydrogens (tertiary/aromatic N) is 2. The molecule has 1 aromatic heterocycles. The average Bonchev–Trinajstić information content (AvgIpc) is 2.20. The van der Waals surface area contributed by atoms with Crippen molar-refractivity contribution in [1.29, 1.82) is 0 Å². The monoisotopic (exact) mass is 178 g/mol. The first-order chi connectivity index (χ1) is 6.38. The highest BCUT2D eigenvalue weighted by Gasteiger charge is 2.24. The van der Waals surface area contributed by atoms with Gasteiger partial charge in [0.15, 0.2) is 0 Å². The maximum absolute atomic E-state index is 9.77. The molecule has 13 heavy (non-hydrogen) atoms. The summed E-state index contributed by atoms with van der Waals surface area (Å²) in [4.78, 5) is 7.94. The van der Waals surface area contributed by atoms with Gasteiger partial charge >= 0.3 is 0 Å². The first-order valence-corrected chi connectivity index (χ1v) is 4.81. The second-order valence-corrected chi connectivity index (χ2v) is 3.63. The Bertz CT molecular complexity index is 263. The highest BCUT2D eigenvalue weighted by atomic mass is 16.3. The van der Waals surface area contributed by atoms with Crippen molar-refractivity contribution < 1.29 is 5.11 Å². The van der Waals surface area contributed by atoms with E-state index < -0.39 is 0 Å². The lowest BCUT2D eigenvalue weighted by atomic mass is 9.83. The van der Waals surface area contributed by atoms with Crippen LogP contribution in [0.2, 0.25) is 0 Å². The van der Waals surface area contributed by atoms with Crippen molar-refractivity contribution in [3.05, 3.63) is 24.3 Å². The summed E-state index contributed by atoms with van der Waals surface area (Å²) >= 11 is 0. The van der Waals surface area contributed by atoms with Crippen molar-refractivity contribution in [3.63, 3.8) is 0 Å². The zero-order valence-electron chi connectivity index (χ0n) is 7.56. The molecule has 0 saturated heterocycles. The molecule has 0 aliphatic heterocycles. The summed E-state index contributed by atoms with van der Waals surface area (Å²) in [6, 6.07) is 0. The Morgan fingerprint density at radius 3 is 2.54 bits per heavy atom. The standard InChI is InChI=1S/C10H14N2O/c13-10-4-2-1-3-9(10)8-5-11-7-12-6-8/h5-7,9-10,13H,1-4H2. The molecule has 1 fully saturated rings. The Balaban J connectivity index is 2.15. The van der Waals surface area contributed by atoms with Crippen LogP contribution in [0.25, 0.3) is 0 Å². The van der Waals surface area contributed by atoms with Gasteiger partial charge in [-0.3, -0.25) is 0 Å². The fourth-order valence-corrected chi connectivity index (χ4v) is 2.00. The summed E-state index contributed by atoms with van der Waals surface area (Å²) in [5.74, 6) is 0.259. The Labute approximate surface area is 77.8 Å². The summed E-state index contributed by atoms with van der Waals surface area (Å²) in [5.41, 5.74) is 1.08. The van der Waals surface area contributed by atoms with Crippen molar-refractivity contribution in [2.24, 2.45) is 0 Å². The molecule has 0 amide bonds. The molecule has 0 aromatic carbocycles. The van der Waals surface area contributed by atoms with Crippen LogP contribution in [0.4, 0.5) is 0 Å². The van der Waals surface area contributed by atoms with Gasteiger partial charge in [0.2, 0.25) is 0 Å². The molecule has 2 unspecified atom stereocenters. The Morgan fingerprint density at radius 1 is 1.15 bits per heavy atom. The number of hydrogen-bond acceptors (Lipinski definition) is 3. The summed E-state index contributed by atoms with van der Waals surface area (Å²) in [6.07, 6.45) is 9.28. The molecule has 1 aliphatic carbocycles. The van der Waals surface area contributed by atoms with Gasteiger partial charge in [-0.15, -0.1) is 0 Å². The van der Waals surface area contributed by atoms with Gasteiger partial charge in [-0.2, -0.15) is 0 Å². The molecule has 3 nitrogen and oxygen atoms in total. The van der Waals surface area contributed by atoms with E-state index in [0.717, 1.165) is 24.8 Å². The summed E-state index contributed by atoms with van der Waals surface area (Å²) in [7, 11) is 0. The van der Waals surface area contributed by atoms with E-state index in [1.54, 1.807) is 0 Å². The normalized spacial score (nSPS) is 28.7. The van der Waals surface area contributed by atoms with E-state index in [4.69, 9.17) is 0 Å². The molecule has 1 aromatic rings. The minimum Gasteiger partial charge on any atom is -0.392 e. The molecule has 0 radical (unpaired) electrons. The lowest BCUT2D eigenvalue weighted by molar-refractivity contribution is 0.106. The fraction of sp³-hybridized carbons (Fsp3) is 0.600. The third kappa shape index (κ3) is 1.86. The van der Waals surface area contributed by atoms with Crippen LogP contribution in [-0.2, 0) is 0 Å². The highest BCUT2D eigenvalue weighted by molar-refractivity contribution is 5.12. The third-order valence-electron chi connectivity index (χ3n) is 2.74. The smallest absolute Gasteiger partial charge is 0.115 e. The summed E-state index contributed by atoms with van der Waals surface area (Å²) in [6.45, 7) is 0. The molecular weight excluding hydrogens is 164 g/mol. The second kappa shape index (κ2) is 3.83. The van der Waals surface area contributed by atoms with Crippen molar-refractivity contribution in [1.82, 2.24) is 9.97 Å². The van der Waals surface area contributed by atoms with Crippen LogP contribution in [0.3, 0.4) is 0 Å². The van der Waals surface area contributed by atoms with Gasteiger partial charge < -0.3 is 5.11 Å². The predicted molar refractivity (Wildman–Crippen MR) is 49.2 cm³/mol. The van der Waals surface area contributed by atoms with E-state index in [1.165, 1.54) is 12.7 Å². The highest BCUT2D eigenvalue weighted by Crippen LogP contribution is 2.31. The maximum atomic E-state index is 9.77. The van der Waals surface area contributed by atoms with E-state index in [2.05, 4.69) is 9.97 Å². The van der Waals surface area contributed by atoms with Gasteiger partial charge in [-0.25, -0.2) is 9.97 Å². The molecule has 0 bridgehead atoms. The maximum Gasteiger partial charge on any atom is 0.115 e. The molecule has 1 aliphatic rings. The Kier molecular flexibility index (Phi) is 2.54. The minimum absolute atomic E-state index is 0.195. The molecule has 2 atom stereocenters. The zero-order chi connectivity index (χ0) is 9.10. The molecule has 2 rings (SSSR count). The van der Waals surface area contributed by atoms with Crippen molar-refractivity contribution in [2.75, 3.05) is 0 Å². The van der Waals surface area contributed by atoms with Crippen molar-refractivity contribution >= 4 is 0 Å². The van der Waals surface area contributed by atoms with Crippen LogP contribution in [0.15, 0.2) is 18.7 Å². The molecule has 1 saturated carbocycles. The first-order valence-electron chi connectivity index (χ1n) is 4.81. The van der Waals surface area contributed by atoms with Gasteiger partial charge in [0.05, 0.1) is 6.10 Å². The lowest BCUT2D eigenvalue weighted by Crippen LogP contribution is -2.22. The van der Waals surface area contributed by atoms with E-state index in [0.29, 0.717) is 0 Å². The van der Waals surface area contributed by atoms with Crippen LogP contribution in [0.5, 0.6) is 0 Å². The van der Waals surface area contributed by atoms with Gasteiger partial charge in [0.1, 0.15) is 6.33 Å². The number of aromatic nitrogens is 2. The van der Waals surface area contributed by atoms with Gasteiger partial charge in [-0.05, 0) is 18.4 Å². The van der Waals surface area contributed by atoms with Crippen molar-refractivity contribution in [3.8, 4) is 0 Å². The van der Waals surface area contributed by atoms with E-state index in [-0.39, 0.29) is 12.0 Å². The summed E-state index contributed by atoms with van der Waals surface area (Å²) < 4.78 is 0. The van der Waals surface area contributed by atoms with E-state index >= 15 is 0 Å². The topological polar surface area (TPSA) is 46.0 Å².